The van der Waals surface area contributed by atoms with Crippen molar-refractivity contribution in [1.82, 2.24) is 29.4 Å². The number of piperazine rings is 1. The first-order valence-corrected chi connectivity index (χ1v) is 11.8. The minimum atomic E-state index is -4.51. The minimum absolute atomic E-state index is 0.0437. The van der Waals surface area contributed by atoms with Crippen LogP contribution < -0.4 is 0 Å². The highest BCUT2D eigenvalue weighted by Crippen LogP contribution is 2.31. The molecule has 180 valence electrons. The number of halogens is 4. The van der Waals surface area contributed by atoms with Crippen LogP contribution in [0.3, 0.4) is 0 Å². The van der Waals surface area contributed by atoms with Gasteiger partial charge in [-0.1, -0.05) is 23.7 Å². The molecular weight excluding hydrogens is 497 g/mol. The van der Waals surface area contributed by atoms with E-state index < -0.39 is 21.8 Å². The van der Waals surface area contributed by atoms with Crippen LogP contribution in [0.25, 0.3) is 11.4 Å². The van der Waals surface area contributed by atoms with Crippen molar-refractivity contribution >= 4 is 27.5 Å². The van der Waals surface area contributed by atoms with Gasteiger partial charge in [0.25, 0.3) is 0 Å². The second-order valence-corrected chi connectivity index (χ2v) is 9.84. The van der Waals surface area contributed by atoms with Gasteiger partial charge in [0.1, 0.15) is 6.54 Å². The van der Waals surface area contributed by atoms with Crippen molar-refractivity contribution in [3.05, 3.63) is 59.1 Å². The third kappa shape index (κ3) is 5.21. The molecule has 0 aliphatic carbocycles. The molecule has 34 heavy (non-hydrogen) atoms. The lowest BCUT2D eigenvalue weighted by Crippen LogP contribution is -2.51. The van der Waals surface area contributed by atoms with Crippen LogP contribution in [0.2, 0.25) is 5.02 Å². The number of carbonyl (C=O) groups is 1. The van der Waals surface area contributed by atoms with Crippen molar-refractivity contribution in [2.45, 2.75) is 17.6 Å². The van der Waals surface area contributed by atoms with Gasteiger partial charge in [-0.2, -0.15) is 22.3 Å². The van der Waals surface area contributed by atoms with Crippen molar-refractivity contribution < 1.29 is 26.4 Å². The van der Waals surface area contributed by atoms with Crippen LogP contribution in [-0.4, -0.2) is 69.9 Å². The molecule has 0 bridgehead atoms. The Morgan fingerprint density at radius 2 is 1.71 bits per heavy atom. The molecule has 0 N–H and O–H groups in total. The van der Waals surface area contributed by atoms with E-state index >= 15 is 0 Å². The SMILES string of the molecule is O=C(Cn1nnc(-c2cccc(C(F)(F)F)c2)n1)N1CCN(S(=O)(=O)c2ccc(Cl)cc2)CC1. The van der Waals surface area contributed by atoms with Gasteiger partial charge in [0, 0.05) is 36.8 Å². The number of carbonyl (C=O) groups excluding carboxylic acids is 1. The Labute approximate surface area is 197 Å². The molecule has 1 saturated heterocycles. The monoisotopic (exact) mass is 514 g/mol. The zero-order chi connectivity index (χ0) is 24.5. The molecule has 2 heterocycles. The van der Waals surface area contributed by atoms with Gasteiger partial charge in [0.15, 0.2) is 0 Å². The van der Waals surface area contributed by atoms with Crippen molar-refractivity contribution in [2.75, 3.05) is 26.2 Å². The first-order valence-electron chi connectivity index (χ1n) is 10.0. The molecule has 4 rings (SSSR count). The number of hydrogen-bond donors (Lipinski definition) is 0. The number of sulfonamides is 1. The Hall–Kier alpha value is -3.03. The van der Waals surface area contributed by atoms with Gasteiger partial charge in [0.05, 0.1) is 10.5 Å². The van der Waals surface area contributed by atoms with Gasteiger partial charge >= 0.3 is 6.18 Å². The van der Waals surface area contributed by atoms with Crippen molar-refractivity contribution in [3.8, 4) is 11.4 Å². The van der Waals surface area contributed by atoms with E-state index in [0.717, 1.165) is 16.9 Å². The number of hydrogen-bond acceptors (Lipinski definition) is 6. The van der Waals surface area contributed by atoms with E-state index in [-0.39, 0.29) is 54.9 Å². The topological polar surface area (TPSA) is 101 Å². The maximum absolute atomic E-state index is 12.9. The van der Waals surface area contributed by atoms with Gasteiger partial charge in [-0.15, -0.1) is 10.2 Å². The Kier molecular flexibility index (Phi) is 6.60. The number of nitrogens with zero attached hydrogens (tertiary/aromatic N) is 6. The Morgan fingerprint density at radius 1 is 1.03 bits per heavy atom. The molecule has 14 heteroatoms. The van der Waals surface area contributed by atoms with Gasteiger partial charge in [-0.25, -0.2) is 8.42 Å². The smallest absolute Gasteiger partial charge is 0.338 e. The predicted molar refractivity (Wildman–Crippen MR) is 115 cm³/mol. The number of amides is 1. The summed E-state index contributed by atoms with van der Waals surface area (Å²) in [6, 6.07) is 10.3. The average Bonchev–Trinajstić information content (AvgIpc) is 3.27. The summed E-state index contributed by atoms with van der Waals surface area (Å²) >= 11 is 5.81. The number of benzene rings is 2. The maximum Gasteiger partial charge on any atom is 0.416 e. The van der Waals surface area contributed by atoms with Crippen molar-refractivity contribution in [3.63, 3.8) is 0 Å². The molecule has 0 unspecified atom stereocenters. The van der Waals surface area contributed by atoms with E-state index in [9.17, 15) is 26.4 Å². The van der Waals surface area contributed by atoms with E-state index in [4.69, 9.17) is 11.6 Å². The largest absolute Gasteiger partial charge is 0.416 e. The van der Waals surface area contributed by atoms with E-state index in [0.29, 0.717) is 5.02 Å². The van der Waals surface area contributed by atoms with Crippen LogP contribution in [0.15, 0.2) is 53.4 Å². The summed E-state index contributed by atoms with van der Waals surface area (Å²) in [4.78, 5) is 15.2. The van der Waals surface area contributed by atoms with E-state index in [1.165, 1.54) is 45.6 Å². The highest BCUT2D eigenvalue weighted by molar-refractivity contribution is 7.89. The summed E-state index contributed by atoms with van der Waals surface area (Å²) in [5.74, 6) is -0.408. The molecule has 1 amide bonds. The zero-order valence-corrected chi connectivity index (χ0v) is 19.1. The first-order chi connectivity index (χ1) is 16.0. The summed E-state index contributed by atoms with van der Waals surface area (Å²) in [5, 5.41) is 11.9. The van der Waals surface area contributed by atoms with Crippen molar-refractivity contribution in [2.24, 2.45) is 0 Å². The Bertz CT molecular complexity index is 1290. The molecule has 1 aromatic heterocycles. The lowest BCUT2D eigenvalue weighted by molar-refractivity contribution is -0.137. The molecule has 2 aromatic carbocycles. The standard InChI is InChI=1S/C20H18ClF3N6O3S/c21-16-4-6-17(7-5-16)34(32,33)29-10-8-28(9-11-29)18(31)13-30-26-19(25-27-30)14-2-1-3-15(12-14)20(22,23)24/h1-7,12H,8-11,13H2. The first kappa shape index (κ1) is 24.1. The second-order valence-electron chi connectivity index (χ2n) is 7.46. The third-order valence-electron chi connectivity index (χ3n) is 5.22. The highest BCUT2D eigenvalue weighted by Gasteiger charge is 2.32. The van der Waals surface area contributed by atoms with Crippen molar-refractivity contribution in [1.29, 1.82) is 0 Å². The van der Waals surface area contributed by atoms with E-state index in [1.54, 1.807) is 0 Å². The molecule has 0 spiro atoms. The summed E-state index contributed by atoms with van der Waals surface area (Å²) < 4.78 is 65.6. The fourth-order valence-electron chi connectivity index (χ4n) is 3.41. The Balaban J connectivity index is 1.37. The number of aromatic nitrogens is 4. The maximum atomic E-state index is 12.9. The fourth-order valence-corrected chi connectivity index (χ4v) is 4.96. The lowest BCUT2D eigenvalue weighted by atomic mass is 10.1. The molecule has 1 aliphatic heterocycles. The minimum Gasteiger partial charge on any atom is -0.338 e. The number of rotatable bonds is 5. The quantitative estimate of drug-likeness (QED) is 0.518. The van der Waals surface area contributed by atoms with Crippen LogP contribution in [0.1, 0.15) is 5.56 Å². The van der Waals surface area contributed by atoms with Crippen LogP contribution in [0.4, 0.5) is 13.2 Å². The second kappa shape index (κ2) is 9.31. The van der Waals surface area contributed by atoms with Gasteiger partial charge in [-0.3, -0.25) is 4.79 Å². The summed E-state index contributed by atoms with van der Waals surface area (Å²) in [6.07, 6.45) is -4.51. The molecular formula is C20H18ClF3N6O3S. The third-order valence-corrected chi connectivity index (χ3v) is 7.39. The van der Waals surface area contributed by atoms with Crippen LogP contribution in [-0.2, 0) is 27.5 Å². The summed E-state index contributed by atoms with van der Waals surface area (Å²) in [5.41, 5.74) is -0.724. The molecule has 0 saturated carbocycles. The Morgan fingerprint density at radius 3 is 2.35 bits per heavy atom. The van der Waals surface area contributed by atoms with E-state index in [1.807, 2.05) is 0 Å². The molecule has 1 aliphatic rings. The lowest BCUT2D eigenvalue weighted by Gasteiger charge is -2.33. The number of alkyl halides is 3. The van der Waals surface area contributed by atoms with E-state index in [2.05, 4.69) is 15.4 Å². The van der Waals surface area contributed by atoms with Crippen LogP contribution in [0.5, 0.6) is 0 Å². The highest BCUT2D eigenvalue weighted by atomic mass is 35.5. The molecule has 3 aromatic rings. The summed E-state index contributed by atoms with van der Waals surface area (Å²) in [7, 11) is -3.71. The molecule has 0 radical (unpaired) electrons. The molecule has 0 atom stereocenters. The predicted octanol–water partition coefficient (Wildman–Crippen LogP) is 2.55. The fraction of sp³-hybridized carbons (Fsp3) is 0.300. The average molecular weight is 515 g/mol. The zero-order valence-electron chi connectivity index (χ0n) is 17.5. The number of tetrazole rings is 1. The summed E-state index contributed by atoms with van der Waals surface area (Å²) in [6.45, 7) is 0.269. The van der Waals surface area contributed by atoms with Gasteiger partial charge in [-0.05, 0) is 41.6 Å². The van der Waals surface area contributed by atoms with Gasteiger partial charge < -0.3 is 4.90 Å². The van der Waals surface area contributed by atoms with Crippen LogP contribution in [0, 0.1) is 0 Å². The van der Waals surface area contributed by atoms with Crippen LogP contribution >= 0.6 is 11.6 Å². The molecule has 1 fully saturated rings. The van der Waals surface area contributed by atoms with Gasteiger partial charge in [0.2, 0.25) is 21.8 Å². The molecule has 9 nitrogen and oxygen atoms in total. The normalized spacial score (nSPS) is 15.5.